The lowest BCUT2D eigenvalue weighted by molar-refractivity contribution is 0.609. The van der Waals surface area contributed by atoms with Crippen molar-refractivity contribution in [1.29, 1.82) is 0 Å². The van der Waals surface area contributed by atoms with Gasteiger partial charge >= 0.3 is 0 Å². The highest BCUT2D eigenvalue weighted by molar-refractivity contribution is 8.14. The monoisotopic (exact) mass is 323 g/mol. The molecule has 0 atom stereocenters. The lowest BCUT2D eigenvalue weighted by Crippen LogP contribution is -2.04. The van der Waals surface area contributed by atoms with Crippen LogP contribution < -0.4 is 0 Å². The molecular formula is C14H14ClN3O2S. The highest BCUT2D eigenvalue weighted by atomic mass is 35.7. The minimum atomic E-state index is -3.78. The van der Waals surface area contributed by atoms with Crippen molar-refractivity contribution in [3.8, 4) is 0 Å². The van der Waals surface area contributed by atoms with Gasteiger partial charge in [0.15, 0.2) is 0 Å². The number of fused-ring (bicyclic) bond motifs is 1. The van der Waals surface area contributed by atoms with Crippen LogP contribution in [-0.4, -0.2) is 22.8 Å². The molecule has 2 heterocycles. The van der Waals surface area contributed by atoms with E-state index in [0.29, 0.717) is 11.9 Å². The van der Waals surface area contributed by atoms with E-state index in [0.717, 1.165) is 16.9 Å². The van der Waals surface area contributed by atoms with Crippen LogP contribution in [0.2, 0.25) is 0 Å². The highest BCUT2D eigenvalue weighted by Gasteiger charge is 2.19. The summed E-state index contributed by atoms with van der Waals surface area (Å²) in [5, 5.41) is 4.93. The Hall–Kier alpha value is -1.79. The van der Waals surface area contributed by atoms with E-state index in [9.17, 15) is 8.42 Å². The van der Waals surface area contributed by atoms with Gasteiger partial charge in [-0.1, -0.05) is 18.2 Å². The molecule has 0 aliphatic heterocycles. The number of hydrogen-bond acceptors (Lipinski definition) is 3. The van der Waals surface area contributed by atoms with Crippen molar-refractivity contribution < 1.29 is 8.42 Å². The zero-order valence-electron chi connectivity index (χ0n) is 11.6. The molecule has 0 radical (unpaired) electrons. The lowest BCUT2D eigenvalue weighted by atomic mass is 10.2. The van der Waals surface area contributed by atoms with Gasteiger partial charge in [-0.2, -0.15) is 5.10 Å². The van der Waals surface area contributed by atoms with E-state index in [4.69, 9.17) is 10.7 Å². The molecule has 7 heteroatoms. The summed E-state index contributed by atoms with van der Waals surface area (Å²) in [4.78, 5) is 0.138. The molecule has 0 unspecified atom stereocenters. The zero-order valence-corrected chi connectivity index (χ0v) is 13.2. The van der Waals surface area contributed by atoms with Crippen LogP contribution in [0.15, 0.2) is 41.4 Å². The number of rotatable bonds is 3. The molecule has 0 bridgehead atoms. The second-order valence-corrected chi connectivity index (χ2v) is 7.51. The number of benzene rings is 1. The first-order valence-electron chi connectivity index (χ1n) is 6.38. The Labute approximate surface area is 127 Å². The first kappa shape index (κ1) is 14.2. The summed E-state index contributed by atoms with van der Waals surface area (Å²) in [6.45, 7) is 2.45. The van der Waals surface area contributed by atoms with Crippen LogP contribution in [0, 0.1) is 6.92 Å². The molecule has 5 nitrogen and oxygen atoms in total. The summed E-state index contributed by atoms with van der Waals surface area (Å²) in [6, 6.07) is 9.29. The normalized spacial score (nSPS) is 12.1. The zero-order chi connectivity index (χ0) is 15.2. The Balaban J connectivity index is 2.17. The minimum absolute atomic E-state index is 0.138. The lowest BCUT2D eigenvalue weighted by Gasteiger charge is -2.05. The molecule has 110 valence electrons. The molecule has 0 amide bonds. The van der Waals surface area contributed by atoms with E-state index in [1.165, 1.54) is 0 Å². The topological polar surface area (TPSA) is 56.9 Å². The first-order valence-corrected chi connectivity index (χ1v) is 8.69. The third-order valence-electron chi connectivity index (χ3n) is 3.45. The molecular weight excluding hydrogens is 310 g/mol. The van der Waals surface area contributed by atoms with Crippen molar-refractivity contribution in [3.05, 3.63) is 47.9 Å². The minimum Gasteiger partial charge on any atom is -0.340 e. The predicted molar refractivity (Wildman–Crippen MR) is 82.0 cm³/mol. The van der Waals surface area contributed by atoms with E-state index in [2.05, 4.69) is 5.10 Å². The molecule has 0 aliphatic rings. The van der Waals surface area contributed by atoms with Gasteiger partial charge in [0.25, 0.3) is 9.05 Å². The number of aryl methyl sites for hydroxylation is 2. The molecule has 0 fully saturated rings. The summed E-state index contributed by atoms with van der Waals surface area (Å²) >= 11 is 0. The smallest absolute Gasteiger partial charge is 0.263 e. The van der Waals surface area contributed by atoms with Gasteiger partial charge in [-0.3, -0.25) is 4.68 Å². The maximum Gasteiger partial charge on any atom is 0.263 e. The Bertz CT molecular complexity index is 925. The number of hydrogen-bond donors (Lipinski definition) is 0. The average molecular weight is 324 g/mol. The van der Waals surface area contributed by atoms with Crippen LogP contribution >= 0.6 is 10.7 Å². The molecule has 1 aromatic carbocycles. The second-order valence-electron chi connectivity index (χ2n) is 4.98. The summed E-state index contributed by atoms with van der Waals surface area (Å²) in [7, 11) is 3.62. The van der Waals surface area contributed by atoms with E-state index in [-0.39, 0.29) is 4.90 Å². The quantitative estimate of drug-likeness (QED) is 0.696. The maximum atomic E-state index is 11.7. The predicted octanol–water partition coefficient (Wildman–Crippen LogP) is 2.66. The number of halogens is 1. The standard InChI is InChI=1S/C14H14ClN3O2S/c1-10-7-11(17(2)16-10)8-18-9-14(21(15,19)20)12-5-3-4-6-13(12)18/h3-7,9H,8H2,1-2H3. The van der Waals surface area contributed by atoms with Gasteiger partial charge in [0.05, 0.1) is 17.9 Å². The van der Waals surface area contributed by atoms with E-state index in [1.807, 2.05) is 36.7 Å². The molecule has 21 heavy (non-hydrogen) atoms. The van der Waals surface area contributed by atoms with Crippen molar-refractivity contribution in [2.75, 3.05) is 0 Å². The van der Waals surface area contributed by atoms with Crippen molar-refractivity contribution in [1.82, 2.24) is 14.3 Å². The molecule has 3 rings (SSSR count). The molecule has 0 spiro atoms. The molecule has 2 aromatic heterocycles. The van der Waals surface area contributed by atoms with Gasteiger partial charge in [-0.15, -0.1) is 0 Å². The SMILES string of the molecule is Cc1cc(Cn2cc(S(=O)(=O)Cl)c3ccccc32)n(C)n1. The summed E-state index contributed by atoms with van der Waals surface area (Å²) < 4.78 is 27.1. The molecule has 0 saturated carbocycles. The largest absolute Gasteiger partial charge is 0.340 e. The summed E-state index contributed by atoms with van der Waals surface area (Å²) in [5.74, 6) is 0. The van der Waals surface area contributed by atoms with E-state index >= 15 is 0 Å². The van der Waals surface area contributed by atoms with Crippen molar-refractivity contribution in [2.24, 2.45) is 7.05 Å². The Kier molecular flexibility index (Phi) is 3.30. The van der Waals surface area contributed by atoms with E-state index < -0.39 is 9.05 Å². The maximum absolute atomic E-state index is 11.7. The molecule has 3 aromatic rings. The van der Waals surface area contributed by atoms with Gasteiger partial charge in [0.2, 0.25) is 0 Å². The van der Waals surface area contributed by atoms with Crippen molar-refractivity contribution in [3.63, 3.8) is 0 Å². The third-order valence-corrected chi connectivity index (χ3v) is 4.80. The number of nitrogens with zero attached hydrogens (tertiary/aromatic N) is 3. The molecule has 0 N–H and O–H groups in total. The average Bonchev–Trinajstić information content (AvgIpc) is 2.91. The van der Waals surface area contributed by atoms with Crippen molar-refractivity contribution >= 4 is 30.6 Å². The van der Waals surface area contributed by atoms with Gasteiger partial charge in [-0.25, -0.2) is 8.42 Å². The first-order chi connectivity index (χ1) is 9.86. The van der Waals surface area contributed by atoms with E-state index in [1.54, 1.807) is 23.0 Å². The number of aromatic nitrogens is 3. The fourth-order valence-corrected chi connectivity index (χ4v) is 3.58. The van der Waals surface area contributed by atoms with Crippen LogP contribution in [0.1, 0.15) is 11.4 Å². The third kappa shape index (κ3) is 2.56. The fraction of sp³-hybridized carbons (Fsp3) is 0.214. The second kappa shape index (κ2) is 4.89. The van der Waals surface area contributed by atoms with Crippen LogP contribution in [0.25, 0.3) is 10.9 Å². The Morgan fingerprint density at radius 2 is 2.00 bits per heavy atom. The highest BCUT2D eigenvalue weighted by Crippen LogP contribution is 2.28. The van der Waals surface area contributed by atoms with Crippen LogP contribution in [-0.2, 0) is 22.6 Å². The van der Waals surface area contributed by atoms with Crippen LogP contribution in [0.4, 0.5) is 0 Å². The van der Waals surface area contributed by atoms with Gasteiger partial charge < -0.3 is 4.57 Å². The Morgan fingerprint density at radius 1 is 1.29 bits per heavy atom. The molecule has 0 aliphatic carbocycles. The van der Waals surface area contributed by atoms with Crippen LogP contribution in [0.5, 0.6) is 0 Å². The summed E-state index contributed by atoms with van der Waals surface area (Å²) in [6.07, 6.45) is 1.58. The van der Waals surface area contributed by atoms with Gasteiger partial charge in [0, 0.05) is 34.8 Å². The van der Waals surface area contributed by atoms with Gasteiger partial charge in [0.1, 0.15) is 4.90 Å². The van der Waals surface area contributed by atoms with Crippen molar-refractivity contribution in [2.45, 2.75) is 18.4 Å². The summed E-state index contributed by atoms with van der Waals surface area (Å²) in [5.41, 5.74) is 2.75. The number of para-hydroxylation sites is 1. The fourth-order valence-electron chi connectivity index (χ4n) is 2.52. The van der Waals surface area contributed by atoms with Crippen LogP contribution in [0.3, 0.4) is 0 Å². The van der Waals surface area contributed by atoms with Gasteiger partial charge in [-0.05, 0) is 19.1 Å². The molecule has 0 saturated heterocycles. The Morgan fingerprint density at radius 3 is 2.62 bits per heavy atom.